The number of fused-ring (bicyclic) bond motifs is 2. The van der Waals surface area contributed by atoms with Crippen molar-refractivity contribution >= 4 is 17.4 Å². The minimum Gasteiger partial charge on any atom is -0.295 e. The predicted molar refractivity (Wildman–Crippen MR) is 87.7 cm³/mol. The fraction of sp³-hybridized carbons (Fsp3) is 0.588. The second-order valence-corrected chi connectivity index (χ2v) is 7.40. The third kappa shape index (κ3) is 2.29. The van der Waals surface area contributed by atoms with E-state index >= 15 is 0 Å². The van der Waals surface area contributed by atoms with E-state index in [1.54, 1.807) is 19.1 Å². The van der Waals surface area contributed by atoms with Crippen LogP contribution in [0.5, 0.6) is 0 Å². The first-order valence-corrected chi connectivity index (χ1v) is 8.62. The Balaban J connectivity index is 1.73. The maximum Gasteiger partial charge on any atom is 0.155 e. The number of nitrogens with zero attached hydrogens (tertiary/aromatic N) is 2. The van der Waals surface area contributed by atoms with Gasteiger partial charge in [-0.3, -0.25) is 20.6 Å². The summed E-state index contributed by atoms with van der Waals surface area (Å²) in [6.07, 6.45) is 4.55. The van der Waals surface area contributed by atoms with Crippen molar-refractivity contribution in [1.82, 2.24) is 10.4 Å². The lowest BCUT2D eigenvalue weighted by atomic mass is 9.77. The van der Waals surface area contributed by atoms with Gasteiger partial charge in [0.15, 0.2) is 11.7 Å². The molecule has 0 amide bonds. The molecule has 1 aromatic carbocycles. The van der Waals surface area contributed by atoms with Crippen LogP contribution < -0.4 is 5.48 Å². The first-order valence-electron chi connectivity index (χ1n) is 8.25. The van der Waals surface area contributed by atoms with E-state index in [1.165, 1.54) is 0 Å². The highest BCUT2D eigenvalue weighted by Crippen LogP contribution is 2.55. The molecular formula is C17H21ClFN3O. The van der Waals surface area contributed by atoms with Gasteiger partial charge in [0.1, 0.15) is 0 Å². The average molecular weight is 338 g/mol. The molecule has 1 spiro atoms. The zero-order valence-corrected chi connectivity index (χ0v) is 13.9. The first-order chi connectivity index (χ1) is 11.1. The van der Waals surface area contributed by atoms with Gasteiger partial charge in [-0.05, 0) is 63.2 Å². The summed E-state index contributed by atoms with van der Waals surface area (Å²) in [5.74, 6) is 0.183. The van der Waals surface area contributed by atoms with Crippen LogP contribution in [0, 0.1) is 18.7 Å². The van der Waals surface area contributed by atoms with E-state index < -0.39 is 5.82 Å². The van der Waals surface area contributed by atoms with Crippen LogP contribution in [0.4, 0.5) is 4.39 Å². The van der Waals surface area contributed by atoms with Gasteiger partial charge in [0.05, 0.1) is 16.6 Å². The van der Waals surface area contributed by atoms with Gasteiger partial charge in [0, 0.05) is 5.54 Å². The van der Waals surface area contributed by atoms with Gasteiger partial charge in [-0.15, -0.1) is 0 Å². The van der Waals surface area contributed by atoms with Crippen LogP contribution in [0.3, 0.4) is 0 Å². The second kappa shape index (κ2) is 5.43. The normalized spacial score (nSPS) is 31.5. The molecule has 0 radical (unpaired) electrons. The highest BCUT2D eigenvalue weighted by molar-refractivity contribution is 6.32. The van der Waals surface area contributed by atoms with E-state index in [2.05, 4.69) is 10.4 Å². The van der Waals surface area contributed by atoms with Crippen LogP contribution in [0.2, 0.25) is 5.02 Å². The smallest absolute Gasteiger partial charge is 0.155 e. The van der Waals surface area contributed by atoms with Crippen molar-refractivity contribution in [2.24, 2.45) is 10.9 Å². The van der Waals surface area contributed by atoms with Crippen molar-refractivity contribution in [2.45, 2.75) is 44.2 Å². The number of nitrogens with one attached hydrogen (secondary N) is 1. The fourth-order valence-electron chi connectivity index (χ4n) is 4.38. The standard InChI is InChI=1S/C17H21ClFN3O/c1-10-2-3-12(14(19)13(10)18)16(21-23)20-15-11-4-8-22(9-5-11)17(15)6-7-17/h2-3,11,15,23H,4-9H2,1H3,(H,20,21)/t15-/m1/s1. The zero-order valence-electron chi connectivity index (χ0n) is 13.1. The van der Waals surface area contributed by atoms with Crippen molar-refractivity contribution in [1.29, 1.82) is 0 Å². The molecule has 2 bridgehead atoms. The summed E-state index contributed by atoms with van der Waals surface area (Å²) in [5.41, 5.74) is 3.16. The van der Waals surface area contributed by atoms with Crippen LogP contribution in [-0.2, 0) is 0 Å². The Hall–Kier alpha value is -1.17. The number of amidine groups is 1. The number of hydroxylamine groups is 1. The van der Waals surface area contributed by atoms with Gasteiger partial charge < -0.3 is 0 Å². The van der Waals surface area contributed by atoms with Gasteiger partial charge in [-0.1, -0.05) is 17.7 Å². The van der Waals surface area contributed by atoms with E-state index in [-0.39, 0.29) is 28.0 Å². The number of piperidine rings is 3. The summed E-state index contributed by atoms with van der Waals surface area (Å²) >= 11 is 6.01. The summed E-state index contributed by atoms with van der Waals surface area (Å²) in [6.45, 7) is 4.04. The molecule has 6 heteroatoms. The molecule has 23 heavy (non-hydrogen) atoms. The summed E-state index contributed by atoms with van der Waals surface area (Å²) < 4.78 is 14.5. The number of hydrogen-bond donors (Lipinski definition) is 2. The first kappa shape index (κ1) is 15.4. The minimum atomic E-state index is -0.530. The molecule has 3 saturated heterocycles. The lowest BCUT2D eigenvalue weighted by molar-refractivity contribution is 0.0131. The summed E-state index contributed by atoms with van der Waals surface area (Å²) in [7, 11) is 0. The third-order valence-corrected chi connectivity index (χ3v) is 6.30. The molecule has 4 fully saturated rings. The van der Waals surface area contributed by atoms with Crippen LogP contribution in [0.25, 0.3) is 0 Å². The summed E-state index contributed by atoms with van der Waals surface area (Å²) in [5, 5.41) is 9.64. The molecule has 0 unspecified atom stereocenters. The number of aliphatic imine (C=N–C) groups is 1. The van der Waals surface area contributed by atoms with Gasteiger partial charge in [-0.2, -0.15) is 0 Å². The average Bonchev–Trinajstić information content (AvgIpc) is 3.35. The molecule has 0 aromatic heterocycles. The molecule has 3 heterocycles. The minimum absolute atomic E-state index is 0.0838. The van der Waals surface area contributed by atoms with Crippen LogP contribution in [0.15, 0.2) is 17.1 Å². The number of hydrogen-bond acceptors (Lipinski definition) is 3. The SMILES string of the molecule is Cc1ccc(C(=N[C@@H]2C3CCN(CC3)C23CC3)NO)c(F)c1Cl. The van der Waals surface area contributed by atoms with Crippen molar-refractivity contribution in [3.63, 3.8) is 0 Å². The molecule has 3 aliphatic heterocycles. The molecule has 1 atom stereocenters. The lowest BCUT2D eigenvalue weighted by Gasteiger charge is -2.50. The summed E-state index contributed by atoms with van der Waals surface area (Å²) in [6, 6.07) is 3.50. The molecule has 4 nitrogen and oxygen atoms in total. The van der Waals surface area contributed by atoms with Gasteiger partial charge >= 0.3 is 0 Å². The number of rotatable bonds is 2. The van der Waals surface area contributed by atoms with Crippen LogP contribution in [0.1, 0.15) is 36.8 Å². The molecular weight excluding hydrogens is 317 g/mol. The molecule has 4 aliphatic rings. The Morgan fingerprint density at radius 3 is 2.70 bits per heavy atom. The Kier molecular flexibility index (Phi) is 3.63. The highest BCUT2D eigenvalue weighted by Gasteiger charge is 2.60. The topological polar surface area (TPSA) is 47.9 Å². The molecule has 1 aromatic rings. The molecule has 5 rings (SSSR count). The quantitative estimate of drug-likeness (QED) is 0.495. The number of halogens is 2. The van der Waals surface area contributed by atoms with Gasteiger partial charge in [-0.25, -0.2) is 4.39 Å². The summed E-state index contributed by atoms with van der Waals surface area (Å²) in [4.78, 5) is 7.31. The van der Waals surface area contributed by atoms with Crippen LogP contribution in [-0.4, -0.2) is 40.6 Å². The second-order valence-electron chi connectivity index (χ2n) is 7.02. The van der Waals surface area contributed by atoms with E-state index in [0.717, 1.165) is 38.8 Å². The van der Waals surface area contributed by atoms with Crippen molar-refractivity contribution < 1.29 is 9.60 Å². The van der Waals surface area contributed by atoms with E-state index in [9.17, 15) is 9.60 Å². The molecule has 124 valence electrons. The number of aryl methyl sites for hydroxylation is 1. The zero-order chi connectivity index (χ0) is 16.2. The number of benzene rings is 1. The molecule has 2 N–H and O–H groups in total. The van der Waals surface area contributed by atoms with Crippen molar-refractivity contribution in [2.75, 3.05) is 13.1 Å². The monoisotopic (exact) mass is 337 g/mol. The highest BCUT2D eigenvalue weighted by atomic mass is 35.5. The van der Waals surface area contributed by atoms with E-state index in [4.69, 9.17) is 16.6 Å². The van der Waals surface area contributed by atoms with Gasteiger partial charge in [0.2, 0.25) is 0 Å². The van der Waals surface area contributed by atoms with Crippen molar-refractivity contribution in [3.05, 3.63) is 34.1 Å². The largest absolute Gasteiger partial charge is 0.295 e. The van der Waals surface area contributed by atoms with Gasteiger partial charge in [0.25, 0.3) is 0 Å². The fourth-order valence-corrected chi connectivity index (χ4v) is 4.54. The third-order valence-electron chi connectivity index (χ3n) is 5.83. The van der Waals surface area contributed by atoms with E-state index in [0.29, 0.717) is 11.5 Å². The maximum atomic E-state index is 14.5. The van der Waals surface area contributed by atoms with Crippen molar-refractivity contribution in [3.8, 4) is 0 Å². The Morgan fingerprint density at radius 1 is 1.39 bits per heavy atom. The Morgan fingerprint density at radius 2 is 2.09 bits per heavy atom. The maximum absolute atomic E-state index is 14.5. The van der Waals surface area contributed by atoms with E-state index in [1.807, 2.05) is 0 Å². The Bertz CT molecular complexity index is 666. The molecule has 1 saturated carbocycles. The molecule has 1 aliphatic carbocycles. The van der Waals surface area contributed by atoms with Crippen LogP contribution >= 0.6 is 11.6 Å². The lowest BCUT2D eigenvalue weighted by Crippen LogP contribution is -2.59. The Labute approximate surface area is 140 Å². The predicted octanol–water partition coefficient (Wildman–Crippen LogP) is 3.14.